The highest BCUT2D eigenvalue weighted by Crippen LogP contribution is 2.32. The summed E-state index contributed by atoms with van der Waals surface area (Å²) in [6.07, 6.45) is 4.95. The summed E-state index contributed by atoms with van der Waals surface area (Å²) >= 11 is 3.44. The zero-order valence-electron chi connectivity index (χ0n) is 17.4. The van der Waals surface area contributed by atoms with Crippen molar-refractivity contribution in [3.8, 4) is 0 Å². The number of amides is 1. The number of aryl methyl sites for hydroxylation is 1. The Morgan fingerprint density at radius 1 is 1.25 bits per heavy atom. The van der Waals surface area contributed by atoms with Gasteiger partial charge in [0.2, 0.25) is 0 Å². The van der Waals surface area contributed by atoms with Crippen LogP contribution in [0.1, 0.15) is 33.9 Å². The molecule has 1 amide bonds. The highest BCUT2D eigenvalue weighted by atomic mass is 79.9. The van der Waals surface area contributed by atoms with E-state index in [1.54, 1.807) is 23.4 Å². The third kappa shape index (κ3) is 2.91. The van der Waals surface area contributed by atoms with E-state index in [4.69, 9.17) is 4.74 Å². The number of carbonyl (C=O) groups is 1. The third-order valence-electron chi connectivity index (χ3n) is 6.40. The first-order valence-corrected chi connectivity index (χ1v) is 11.4. The lowest BCUT2D eigenvalue weighted by molar-refractivity contribution is 0.0988. The van der Waals surface area contributed by atoms with E-state index in [1.165, 1.54) is 0 Å². The van der Waals surface area contributed by atoms with Gasteiger partial charge in [-0.3, -0.25) is 19.2 Å². The fraction of sp³-hybridized carbons (Fsp3) is 0.304. The number of fused-ring (bicyclic) bond motifs is 4. The number of hydrogen-bond donors (Lipinski definition) is 1. The molecule has 9 heteroatoms. The predicted octanol–water partition coefficient (Wildman–Crippen LogP) is 3.51. The Hall–Kier alpha value is -3.04. The third-order valence-corrected chi connectivity index (χ3v) is 6.84. The largest absolute Gasteiger partial charge is 0.379 e. The Morgan fingerprint density at radius 2 is 2.12 bits per heavy atom. The molecule has 1 aromatic carbocycles. The maximum Gasteiger partial charge on any atom is 0.259 e. The van der Waals surface area contributed by atoms with Crippen LogP contribution >= 0.6 is 15.9 Å². The van der Waals surface area contributed by atoms with Crippen LogP contribution in [0.4, 0.5) is 5.82 Å². The summed E-state index contributed by atoms with van der Waals surface area (Å²) in [5, 5.41) is 5.92. The molecule has 4 aromatic rings. The zero-order chi connectivity index (χ0) is 22.0. The molecule has 0 aliphatic carbocycles. The van der Waals surface area contributed by atoms with Crippen molar-refractivity contribution in [3.05, 3.63) is 62.1 Å². The summed E-state index contributed by atoms with van der Waals surface area (Å²) in [5.41, 5.74) is 3.65. The van der Waals surface area contributed by atoms with Gasteiger partial charge in [0.25, 0.3) is 11.5 Å². The monoisotopic (exact) mass is 493 g/mol. The quantitative estimate of drug-likeness (QED) is 0.461. The Morgan fingerprint density at radius 3 is 2.94 bits per heavy atom. The smallest absolute Gasteiger partial charge is 0.259 e. The van der Waals surface area contributed by atoms with E-state index in [0.717, 1.165) is 39.3 Å². The van der Waals surface area contributed by atoms with Crippen molar-refractivity contribution in [2.45, 2.75) is 25.8 Å². The molecule has 5 heterocycles. The summed E-state index contributed by atoms with van der Waals surface area (Å²) in [6.45, 7) is 3.78. The summed E-state index contributed by atoms with van der Waals surface area (Å²) in [5.74, 6) is 0.581. The number of aromatic amines is 1. The lowest BCUT2D eigenvalue weighted by Crippen LogP contribution is -2.30. The minimum Gasteiger partial charge on any atom is -0.379 e. The standard InChI is InChI=1S/C23H20BrN5O3/c1-12-6-17-19(27-22(30)18-10-26-29(20(17)18)15-3-5-32-11-15)8-16(12)23(31)28-4-2-13-7-14(24)9-25-21(13)28/h6-10,15H,2-5,11H2,1H3,(H,27,30). The Balaban J connectivity index is 1.49. The second-order valence-electron chi connectivity index (χ2n) is 8.38. The molecule has 162 valence electrons. The van der Waals surface area contributed by atoms with Gasteiger partial charge in [-0.05, 0) is 65.0 Å². The maximum atomic E-state index is 13.5. The molecule has 1 atom stereocenters. The molecule has 1 saturated heterocycles. The number of nitrogens with one attached hydrogen (secondary N) is 1. The molecule has 1 unspecified atom stereocenters. The molecule has 8 nitrogen and oxygen atoms in total. The topological polar surface area (TPSA) is 93.1 Å². The number of H-pyrrole nitrogens is 1. The average molecular weight is 494 g/mol. The molecule has 1 fully saturated rings. The van der Waals surface area contributed by atoms with E-state index in [2.05, 4.69) is 31.0 Å². The molecule has 2 aliphatic rings. The van der Waals surface area contributed by atoms with E-state index in [1.807, 2.05) is 23.7 Å². The Labute approximate surface area is 191 Å². The van der Waals surface area contributed by atoms with Gasteiger partial charge in [-0.1, -0.05) is 0 Å². The van der Waals surface area contributed by atoms with Crippen LogP contribution < -0.4 is 10.5 Å². The van der Waals surface area contributed by atoms with Crippen LogP contribution in [0.3, 0.4) is 0 Å². The number of aromatic nitrogens is 4. The molecule has 3 aromatic heterocycles. The molecule has 6 rings (SSSR count). The number of hydrogen-bond acceptors (Lipinski definition) is 5. The van der Waals surface area contributed by atoms with Gasteiger partial charge in [0.05, 0.1) is 35.3 Å². The fourth-order valence-corrected chi connectivity index (χ4v) is 5.18. The van der Waals surface area contributed by atoms with E-state index < -0.39 is 0 Å². The van der Waals surface area contributed by atoms with Crippen LogP contribution in [-0.2, 0) is 11.2 Å². The molecule has 0 saturated carbocycles. The van der Waals surface area contributed by atoms with Crippen LogP contribution in [0.2, 0.25) is 0 Å². The molecule has 1 N–H and O–H groups in total. The number of ether oxygens (including phenoxy) is 1. The summed E-state index contributed by atoms with van der Waals surface area (Å²) < 4.78 is 8.34. The van der Waals surface area contributed by atoms with Crippen LogP contribution in [0.25, 0.3) is 21.8 Å². The van der Waals surface area contributed by atoms with E-state index >= 15 is 0 Å². The van der Waals surface area contributed by atoms with Crippen molar-refractivity contribution < 1.29 is 9.53 Å². The van der Waals surface area contributed by atoms with Crippen molar-refractivity contribution in [2.24, 2.45) is 0 Å². The molecule has 0 radical (unpaired) electrons. The van der Waals surface area contributed by atoms with Crippen molar-refractivity contribution in [3.63, 3.8) is 0 Å². The highest BCUT2D eigenvalue weighted by Gasteiger charge is 2.29. The van der Waals surface area contributed by atoms with Crippen molar-refractivity contribution >= 4 is 49.5 Å². The second-order valence-corrected chi connectivity index (χ2v) is 9.29. The normalized spacial score (nSPS) is 18.1. The number of pyridine rings is 2. The molecule has 0 spiro atoms. The first kappa shape index (κ1) is 19.6. The summed E-state index contributed by atoms with van der Waals surface area (Å²) in [6, 6.07) is 5.87. The minimum atomic E-state index is -0.210. The second kappa shape index (κ2) is 7.25. The van der Waals surface area contributed by atoms with Gasteiger partial charge in [-0.15, -0.1) is 0 Å². The SMILES string of the molecule is Cc1cc2c(cc1C(=O)N1CCc3cc(Br)cnc31)[nH]c(=O)c1cnn(C3CCOC3)c12. The maximum absolute atomic E-state index is 13.5. The van der Waals surface area contributed by atoms with Crippen LogP contribution in [0, 0.1) is 6.92 Å². The van der Waals surface area contributed by atoms with Gasteiger partial charge in [0.1, 0.15) is 5.82 Å². The first-order valence-electron chi connectivity index (χ1n) is 10.6. The van der Waals surface area contributed by atoms with Gasteiger partial charge >= 0.3 is 0 Å². The lowest BCUT2D eigenvalue weighted by Gasteiger charge is -2.18. The Kier molecular flexibility index (Phi) is 4.44. The molecule has 0 bridgehead atoms. The molecular formula is C23H20BrN5O3. The first-order chi connectivity index (χ1) is 15.5. The fourth-order valence-electron chi connectivity index (χ4n) is 4.80. The van der Waals surface area contributed by atoms with E-state index in [9.17, 15) is 9.59 Å². The lowest BCUT2D eigenvalue weighted by atomic mass is 10.0. The molecule has 32 heavy (non-hydrogen) atoms. The number of benzene rings is 1. The van der Waals surface area contributed by atoms with Gasteiger partial charge < -0.3 is 9.72 Å². The molecule has 2 aliphatic heterocycles. The van der Waals surface area contributed by atoms with Crippen LogP contribution in [0.5, 0.6) is 0 Å². The Bertz CT molecular complexity index is 1470. The summed E-state index contributed by atoms with van der Waals surface area (Å²) in [7, 11) is 0. The van der Waals surface area contributed by atoms with E-state index in [0.29, 0.717) is 42.0 Å². The number of nitrogens with zero attached hydrogens (tertiary/aromatic N) is 4. The van der Waals surface area contributed by atoms with Crippen molar-refractivity contribution in [1.29, 1.82) is 0 Å². The van der Waals surface area contributed by atoms with Gasteiger partial charge in [-0.2, -0.15) is 5.10 Å². The van der Waals surface area contributed by atoms with Crippen molar-refractivity contribution in [1.82, 2.24) is 19.7 Å². The predicted molar refractivity (Wildman–Crippen MR) is 124 cm³/mol. The highest BCUT2D eigenvalue weighted by molar-refractivity contribution is 9.10. The van der Waals surface area contributed by atoms with Gasteiger partial charge in [0.15, 0.2) is 0 Å². The number of carbonyl (C=O) groups excluding carboxylic acids is 1. The van der Waals surface area contributed by atoms with E-state index in [-0.39, 0.29) is 17.5 Å². The zero-order valence-corrected chi connectivity index (χ0v) is 19.0. The minimum absolute atomic E-state index is 0.102. The number of rotatable bonds is 2. The van der Waals surface area contributed by atoms with Gasteiger partial charge in [0, 0.05) is 34.8 Å². The van der Waals surface area contributed by atoms with Gasteiger partial charge in [-0.25, -0.2) is 4.98 Å². The molecular weight excluding hydrogens is 474 g/mol. The number of anilines is 1. The average Bonchev–Trinajstić information content (AvgIpc) is 3.52. The number of halogens is 1. The van der Waals surface area contributed by atoms with Crippen molar-refractivity contribution in [2.75, 3.05) is 24.7 Å². The van der Waals surface area contributed by atoms with Crippen LogP contribution in [0.15, 0.2) is 39.9 Å². The summed E-state index contributed by atoms with van der Waals surface area (Å²) in [4.78, 5) is 35.4. The van der Waals surface area contributed by atoms with Crippen LogP contribution in [-0.4, -0.2) is 45.4 Å².